The monoisotopic (exact) mass is 296 g/mol. The number of nitrogens with zero attached hydrogens (tertiary/aromatic N) is 1. The molecule has 2 rings (SSSR count). The fraction of sp³-hybridized carbons (Fsp3) is 0.571. The van der Waals surface area contributed by atoms with Gasteiger partial charge in [0.1, 0.15) is 0 Å². The van der Waals surface area contributed by atoms with E-state index in [-0.39, 0.29) is 6.04 Å². The van der Waals surface area contributed by atoms with Gasteiger partial charge in [-0.2, -0.15) is 0 Å². The normalized spacial score (nSPS) is 26.3. The van der Waals surface area contributed by atoms with E-state index in [0.717, 1.165) is 16.9 Å². The van der Waals surface area contributed by atoms with E-state index in [9.17, 15) is 0 Å². The predicted molar refractivity (Wildman–Crippen MR) is 77.3 cm³/mol. The van der Waals surface area contributed by atoms with Crippen LogP contribution in [0.1, 0.15) is 38.8 Å². The van der Waals surface area contributed by atoms with E-state index in [1.165, 1.54) is 17.7 Å². The number of hydrogen-bond acceptors (Lipinski definition) is 2. The van der Waals surface area contributed by atoms with Crippen molar-refractivity contribution in [2.75, 3.05) is 11.4 Å². The van der Waals surface area contributed by atoms with Crippen LogP contribution in [-0.2, 0) is 0 Å². The molecule has 3 heteroatoms. The second kappa shape index (κ2) is 4.99. The maximum absolute atomic E-state index is 5.92. The van der Waals surface area contributed by atoms with Crippen molar-refractivity contribution in [3.05, 3.63) is 28.2 Å². The van der Waals surface area contributed by atoms with E-state index >= 15 is 0 Å². The fourth-order valence-electron chi connectivity index (χ4n) is 2.72. The summed E-state index contributed by atoms with van der Waals surface area (Å²) in [6, 6.07) is 7.25. The van der Waals surface area contributed by atoms with Crippen LogP contribution in [0.25, 0.3) is 0 Å². The first-order valence-electron chi connectivity index (χ1n) is 6.30. The minimum absolute atomic E-state index is 0.0772. The Hall–Kier alpha value is -0.540. The first kappa shape index (κ1) is 12.9. The Morgan fingerprint density at radius 2 is 2.12 bits per heavy atom. The molecule has 0 aromatic heterocycles. The number of anilines is 1. The number of halogens is 1. The number of rotatable bonds is 2. The Balaban J connectivity index is 2.26. The third-order valence-electron chi connectivity index (χ3n) is 3.59. The lowest BCUT2D eigenvalue weighted by Gasteiger charge is -2.25. The van der Waals surface area contributed by atoms with Crippen LogP contribution in [-0.4, -0.2) is 12.6 Å². The van der Waals surface area contributed by atoms with Crippen molar-refractivity contribution < 1.29 is 0 Å². The van der Waals surface area contributed by atoms with Gasteiger partial charge < -0.3 is 10.6 Å². The molecule has 1 saturated heterocycles. The predicted octanol–water partition coefficient (Wildman–Crippen LogP) is 3.70. The minimum atomic E-state index is 0.0772. The van der Waals surface area contributed by atoms with Crippen molar-refractivity contribution in [3.8, 4) is 0 Å². The van der Waals surface area contributed by atoms with Gasteiger partial charge in [-0.3, -0.25) is 0 Å². The largest absolute Gasteiger partial charge is 0.369 e. The van der Waals surface area contributed by atoms with Crippen LogP contribution >= 0.6 is 15.9 Å². The van der Waals surface area contributed by atoms with Gasteiger partial charge in [0.05, 0.1) is 0 Å². The summed E-state index contributed by atoms with van der Waals surface area (Å²) in [6.07, 6.45) is 1.28. The molecule has 2 nitrogen and oxygen atoms in total. The molecule has 1 aromatic carbocycles. The zero-order valence-electron chi connectivity index (χ0n) is 10.8. The van der Waals surface area contributed by atoms with Crippen LogP contribution in [0, 0.1) is 5.92 Å². The van der Waals surface area contributed by atoms with E-state index < -0.39 is 0 Å². The number of nitrogens with two attached hydrogens (primary N) is 1. The maximum atomic E-state index is 5.92. The number of benzene rings is 1. The van der Waals surface area contributed by atoms with E-state index in [1.54, 1.807) is 0 Å². The molecular weight excluding hydrogens is 276 g/mol. The summed E-state index contributed by atoms with van der Waals surface area (Å²) in [5, 5.41) is 0. The van der Waals surface area contributed by atoms with Crippen molar-refractivity contribution in [3.63, 3.8) is 0 Å². The van der Waals surface area contributed by atoms with Crippen LogP contribution in [0.3, 0.4) is 0 Å². The molecule has 0 spiro atoms. The van der Waals surface area contributed by atoms with Gasteiger partial charge in [-0.1, -0.05) is 28.9 Å². The first-order valence-corrected chi connectivity index (χ1v) is 7.10. The minimum Gasteiger partial charge on any atom is -0.369 e. The van der Waals surface area contributed by atoms with E-state index in [0.29, 0.717) is 6.04 Å². The lowest BCUT2D eigenvalue weighted by atomic mass is 10.1. The highest BCUT2D eigenvalue weighted by molar-refractivity contribution is 9.10. The van der Waals surface area contributed by atoms with Gasteiger partial charge in [0, 0.05) is 28.8 Å². The fourth-order valence-corrected chi connectivity index (χ4v) is 3.45. The molecule has 1 heterocycles. The van der Waals surface area contributed by atoms with Gasteiger partial charge in [-0.25, -0.2) is 0 Å². The summed E-state index contributed by atoms with van der Waals surface area (Å²) in [5.41, 5.74) is 8.40. The molecule has 0 aliphatic carbocycles. The molecule has 0 saturated carbocycles. The van der Waals surface area contributed by atoms with Crippen LogP contribution < -0.4 is 10.6 Å². The molecule has 1 fully saturated rings. The molecule has 0 bridgehead atoms. The quantitative estimate of drug-likeness (QED) is 0.902. The van der Waals surface area contributed by atoms with Crippen LogP contribution in [0.15, 0.2) is 22.7 Å². The molecular formula is C14H21BrN2. The molecule has 3 atom stereocenters. The topological polar surface area (TPSA) is 29.3 Å². The van der Waals surface area contributed by atoms with Gasteiger partial charge in [0.15, 0.2) is 0 Å². The molecule has 94 valence electrons. The van der Waals surface area contributed by atoms with Gasteiger partial charge in [-0.15, -0.1) is 0 Å². The second-order valence-corrected chi connectivity index (χ2v) is 6.19. The maximum Gasteiger partial charge on any atom is 0.0380 e. The SMILES string of the molecule is CC1CC(C)N(c2ccc([C@H](C)N)c(Br)c2)C1. The highest BCUT2D eigenvalue weighted by Crippen LogP contribution is 2.32. The van der Waals surface area contributed by atoms with Gasteiger partial charge >= 0.3 is 0 Å². The summed E-state index contributed by atoms with van der Waals surface area (Å²) in [4.78, 5) is 2.49. The van der Waals surface area contributed by atoms with Gasteiger partial charge in [0.2, 0.25) is 0 Å². The zero-order chi connectivity index (χ0) is 12.6. The van der Waals surface area contributed by atoms with E-state index in [2.05, 4.69) is 52.9 Å². The highest BCUT2D eigenvalue weighted by atomic mass is 79.9. The Morgan fingerprint density at radius 3 is 2.59 bits per heavy atom. The average molecular weight is 297 g/mol. The van der Waals surface area contributed by atoms with Gasteiger partial charge in [0.25, 0.3) is 0 Å². The molecule has 1 aromatic rings. The first-order chi connectivity index (χ1) is 7.99. The summed E-state index contributed by atoms with van der Waals surface area (Å²) in [6.45, 7) is 7.80. The smallest absolute Gasteiger partial charge is 0.0380 e. The van der Waals surface area contributed by atoms with Gasteiger partial charge in [-0.05, 0) is 43.9 Å². The van der Waals surface area contributed by atoms with Crippen molar-refractivity contribution >= 4 is 21.6 Å². The highest BCUT2D eigenvalue weighted by Gasteiger charge is 2.26. The van der Waals surface area contributed by atoms with Crippen molar-refractivity contribution in [1.29, 1.82) is 0 Å². The van der Waals surface area contributed by atoms with Crippen LogP contribution in [0.2, 0.25) is 0 Å². The molecule has 0 amide bonds. The molecule has 2 N–H and O–H groups in total. The Labute approximate surface area is 112 Å². The van der Waals surface area contributed by atoms with Crippen molar-refractivity contribution in [1.82, 2.24) is 0 Å². The Morgan fingerprint density at radius 1 is 1.41 bits per heavy atom. The Kier molecular flexibility index (Phi) is 3.79. The summed E-state index contributed by atoms with van der Waals surface area (Å²) in [5.74, 6) is 0.789. The molecule has 1 aliphatic rings. The summed E-state index contributed by atoms with van der Waals surface area (Å²) < 4.78 is 1.12. The van der Waals surface area contributed by atoms with Crippen molar-refractivity contribution in [2.24, 2.45) is 11.7 Å². The molecule has 0 radical (unpaired) electrons. The standard InChI is InChI=1S/C14H21BrN2/c1-9-6-10(2)17(8-9)12-4-5-13(11(3)16)14(15)7-12/h4-5,7,9-11H,6,8,16H2,1-3H3/t9?,10?,11-/m0/s1. The molecule has 2 unspecified atom stereocenters. The molecule has 1 aliphatic heterocycles. The zero-order valence-corrected chi connectivity index (χ0v) is 12.4. The van der Waals surface area contributed by atoms with Crippen molar-refractivity contribution in [2.45, 2.75) is 39.3 Å². The molecule has 17 heavy (non-hydrogen) atoms. The second-order valence-electron chi connectivity index (χ2n) is 5.34. The van der Waals surface area contributed by atoms with Crippen LogP contribution in [0.5, 0.6) is 0 Å². The van der Waals surface area contributed by atoms with Crippen LogP contribution in [0.4, 0.5) is 5.69 Å². The summed E-state index contributed by atoms with van der Waals surface area (Å²) in [7, 11) is 0. The van der Waals surface area contributed by atoms with E-state index in [4.69, 9.17) is 5.73 Å². The third-order valence-corrected chi connectivity index (χ3v) is 4.28. The Bertz CT molecular complexity index is 403. The van der Waals surface area contributed by atoms with E-state index in [1.807, 2.05) is 6.92 Å². The third kappa shape index (κ3) is 2.66. The number of hydrogen-bond donors (Lipinski definition) is 1. The summed E-state index contributed by atoms with van der Waals surface area (Å²) >= 11 is 3.62. The lowest BCUT2D eigenvalue weighted by molar-refractivity contribution is 0.625. The lowest BCUT2D eigenvalue weighted by Crippen LogP contribution is -2.26. The average Bonchev–Trinajstić information content (AvgIpc) is 2.57.